The number of carbonyl (C=O) groups excluding carboxylic acids is 2. The van der Waals surface area contributed by atoms with Crippen LogP contribution in [0.3, 0.4) is 0 Å². The molecule has 2 amide bonds. The van der Waals surface area contributed by atoms with Crippen molar-refractivity contribution in [3.05, 3.63) is 65.0 Å². The second-order valence-electron chi connectivity index (χ2n) is 16.7. The number of H-pyrrole nitrogens is 1. The monoisotopic (exact) mass is 751 g/mol. The summed E-state index contributed by atoms with van der Waals surface area (Å²) < 4.78 is 2.45. The van der Waals surface area contributed by atoms with Crippen LogP contribution in [0, 0.1) is 5.92 Å². The summed E-state index contributed by atoms with van der Waals surface area (Å²) in [5, 5.41) is 19.7. The molecule has 12 heteroatoms. The first-order chi connectivity index (χ1) is 26.9. The number of aromatic nitrogens is 2. The summed E-state index contributed by atoms with van der Waals surface area (Å²) in [5.74, 6) is 0.823. The van der Waals surface area contributed by atoms with Gasteiger partial charge < -0.3 is 47.2 Å². The number of carbonyl (C=O) groups is 2. The molecule has 55 heavy (non-hydrogen) atoms. The van der Waals surface area contributed by atoms with E-state index in [1.54, 1.807) is 0 Å². The molecule has 2 unspecified atom stereocenters. The highest BCUT2D eigenvalue weighted by Gasteiger charge is 2.30. The van der Waals surface area contributed by atoms with Gasteiger partial charge in [0.1, 0.15) is 0 Å². The minimum absolute atomic E-state index is 0.00891. The zero-order valence-electron chi connectivity index (χ0n) is 32.4. The van der Waals surface area contributed by atoms with E-state index in [2.05, 4.69) is 83.5 Å². The van der Waals surface area contributed by atoms with Gasteiger partial charge in [-0.1, -0.05) is 24.3 Å². The van der Waals surface area contributed by atoms with Gasteiger partial charge >= 0.3 is 0 Å². The van der Waals surface area contributed by atoms with Crippen molar-refractivity contribution < 1.29 is 9.59 Å². The maximum atomic E-state index is 13.2. The Morgan fingerprint density at radius 3 is 2.55 bits per heavy atom. The van der Waals surface area contributed by atoms with E-state index < -0.39 is 0 Å². The summed E-state index contributed by atoms with van der Waals surface area (Å²) in [6.45, 7) is 8.29. The molecule has 8 rings (SSSR count). The number of amides is 2. The van der Waals surface area contributed by atoms with Crippen molar-refractivity contribution in [1.29, 1.82) is 0 Å². The lowest BCUT2D eigenvalue weighted by molar-refractivity contribution is -0.124. The van der Waals surface area contributed by atoms with Crippen LogP contribution in [0.2, 0.25) is 0 Å². The first kappa shape index (κ1) is 38.1. The van der Waals surface area contributed by atoms with Crippen LogP contribution >= 0.6 is 0 Å². The van der Waals surface area contributed by atoms with Gasteiger partial charge in [-0.15, -0.1) is 0 Å². The molecular weight excluding hydrogens is 689 g/mol. The van der Waals surface area contributed by atoms with Gasteiger partial charge in [0, 0.05) is 84.1 Å². The highest BCUT2D eigenvalue weighted by atomic mass is 16.2. The van der Waals surface area contributed by atoms with E-state index in [9.17, 15) is 9.59 Å². The average Bonchev–Trinajstić information content (AvgIpc) is 3.74. The number of para-hydroxylation sites is 1. The van der Waals surface area contributed by atoms with Gasteiger partial charge in [0.25, 0.3) is 0 Å². The molecule has 12 nitrogen and oxygen atoms in total. The number of nitrogens with zero attached hydrogens (tertiary/aromatic N) is 2. The molecule has 1 aliphatic carbocycles. The number of likely N-dealkylation sites (tertiary alicyclic amines) is 1. The van der Waals surface area contributed by atoms with E-state index >= 15 is 0 Å². The summed E-state index contributed by atoms with van der Waals surface area (Å²) in [6.07, 6.45) is 10.1. The van der Waals surface area contributed by atoms with E-state index in [0.717, 1.165) is 94.1 Å². The Labute approximate surface area is 325 Å². The van der Waals surface area contributed by atoms with Crippen LogP contribution in [-0.2, 0) is 35.5 Å². The Balaban J connectivity index is 0.881. The van der Waals surface area contributed by atoms with Gasteiger partial charge in [-0.05, 0) is 132 Å². The van der Waals surface area contributed by atoms with E-state index in [1.165, 1.54) is 59.0 Å². The zero-order chi connectivity index (χ0) is 37.7. The normalized spacial score (nSPS) is 23.5. The van der Waals surface area contributed by atoms with Gasteiger partial charge in [0.15, 0.2) is 0 Å². The molecule has 2 aromatic heterocycles. The van der Waals surface area contributed by atoms with Crippen LogP contribution in [0.15, 0.2) is 42.5 Å². The van der Waals surface area contributed by atoms with Crippen molar-refractivity contribution in [2.75, 3.05) is 45.8 Å². The fourth-order valence-corrected chi connectivity index (χ4v) is 9.63. The minimum Gasteiger partial charge on any atom is -0.357 e. The maximum Gasteiger partial charge on any atom is 0.237 e. The lowest BCUT2D eigenvalue weighted by Gasteiger charge is -2.36. The quantitative estimate of drug-likeness (QED) is 0.0910. The SMILES string of the molecule is NCCCNCC1CCN(CC2Cc3c(n(-c4ccc5c6c([nH]c5c4)CNC(C(=O)NCCCC(=O)NC4CCC(N)CC4)C6)c4ccccc34)CN2)CC1. The smallest absolute Gasteiger partial charge is 0.237 e. The Bertz CT molecular complexity index is 1940. The Hall–Kier alpha value is -3.78. The number of rotatable bonds is 14. The fraction of sp³-hybridized carbons (Fsp3) is 0.581. The Kier molecular flexibility index (Phi) is 12.2. The number of aromatic amines is 1. The number of nitrogens with two attached hydrogens (primary N) is 2. The molecule has 0 spiro atoms. The van der Waals surface area contributed by atoms with E-state index in [-0.39, 0.29) is 29.9 Å². The number of piperidine rings is 1. The summed E-state index contributed by atoms with van der Waals surface area (Å²) in [7, 11) is 0. The minimum atomic E-state index is -0.305. The van der Waals surface area contributed by atoms with Crippen LogP contribution < -0.4 is 38.1 Å². The van der Waals surface area contributed by atoms with Crippen LogP contribution in [0.1, 0.15) is 80.3 Å². The van der Waals surface area contributed by atoms with Crippen LogP contribution in [0.25, 0.3) is 27.5 Å². The largest absolute Gasteiger partial charge is 0.357 e. The average molecular weight is 751 g/mol. The second kappa shape index (κ2) is 17.6. The summed E-state index contributed by atoms with van der Waals surface area (Å²) in [6, 6.07) is 16.3. The number of hydrogen-bond donors (Lipinski definition) is 8. The van der Waals surface area contributed by atoms with Crippen molar-refractivity contribution >= 4 is 33.6 Å². The standard InChI is InChI=1S/C43H62N10O2/c44-16-4-17-46-24-28-14-19-52(20-15-28)27-31-21-36-34-5-1-2-6-40(34)53(41(36)26-48-31)32-12-13-33-35-23-38(49-25-39(35)51-37(33)22-32)43(55)47-18-3-7-42(54)50-30-10-8-29(45)9-11-30/h1-2,5-6,12-13,22,28-31,38,46,48-49,51H,3-4,7-11,14-21,23-27,44-45H2,(H,47,55)(H,50,54). The predicted octanol–water partition coefficient (Wildman–Crippen LogP) is 3.07. The van der Waals surface area contributed by atoms with Gasteiger partial charge in [0.05, 0.1) is 11.6 Å². The topological polar surface area (TPSA) is 170 Å². The third-order valence-corrected chi connectivity index (χ3v) is 12.8. The molecule has 2 fully saturated rings. The van der Waals surface area contributed by atoms with Crippen LogP contribution in [0.5, 0.6) is 0 Å². The molecule has 10 N–H and O–H groups in total. The molecule has 0 radical (unpaired) electrons. The number of fused-ring (bicyclic) bond motifs is 6. The Morgan fingerprint density at radius 2 is 1.71 bits per heavy atom. The molecule has 1 saturated heterocycles. The van der Waals surface area contributed by atoms with Crippen LogP contribution in [0.4, 0.5) is 0 Å². The van der Waals surface area contributed by atoms with Gasteiger partial charge in [0.2, 0.25) is 11.8 Å². The van der Waals surface area contributed by atoms with Gasteiger partial charge in [-0.2, -0.15) is 0 Å². The molecule has 2 atom stereocenters. The molecular formula is C43H62N10O2. The van der Waals surface area contributed by atoms with Crippen molar-refractivity contribution in [2.24, 2.45) is 17.4 Å². The lowest BCUT2D eigenvalue weighted by atomic mass is 9.92. The van der Waals surface area contributed by atoms with Gasteiger partial charge in [-0.3, -0.25) is 14.9 Å². The summed E-state index contributed by atoms with van der Waals surface area (Å²) in [4.78, 5) is 32.0. The van der Waals surface area contributed by atoms with E-state index in [4.69, 9.17) is 11.5 Å². The highest BCUT2D eigenvalue weighted by molar-refractivity contribution is 5.91. The zero-order valence-corrected chi connectivity index (χ0v) is 32.4. The molecule has 2 aromatic carbocycles. The second-order valence-corrected chi connectivity index (χ2v) is 16.7. The van der Waals surface area contributed by atoms with E-state index in [0.29, 0.717) is 38.4 Å². The number of benzene rings is 2. The highest BCUT2D eigenvalue weighted by Crippen LogP contribution is 2.35. The summed E-state index contributed by atoms with van der Waals surface area (Å²) >= 11 is 0. The van der Waals surface area contributed by atoms with Gasteiger partial charge in [-0.25, -0.2) is 0 Å². The molecule has 5 heterocycles. The third-order valence-electron chi connectivity index (χ3n) is 12.8. The van der Waals surface area contributed by atoms with Crippen molar-refractivity contribution in [3.63, 3.8) is 0 Å². The van der Waals surface area contributed by atoms with Crippen molar-refractivity contribution in [3.8, 4) is 5.69 Å². The van der Waals surface area contributed by atoms with Crippen molar-refractivity contribution in [2.45, 2.75) is 108 Å². The molecule has 3 aliphatic heterocycles. The molecule has 4 aliphatic rings. The molecule has 1 saturated carbocycles. The molecule has 0 bridgehead atoms. The first-order valence-electron chi connectivity index (χ1n) is 21.1. The predicted molar refractivity (Wildman–Crippen MR) is 220 cm³/mol. The lowest BCUT2D eigenvalue weighted by Crippen LogP contribution is -2.47. The Morgan fingerprint density at radius 1 is 0.873 bits per heavy atom. The first-order valence-corrected chi connectivity index (χ1v) is 21.1. The maximum absolute atomic E-state index is 13.2. The molecule has 296 valence electrons. The van der Waals surface area contributed by atoms with Crippen molar-refractivity contribution in [1.82, 2.24) is 41.0 Å². The fourth-order valence-electron chi connectivity index (χ4n) is 9.63. The summed E-state index contributed by atoms with van der Waals surface area (Å²) in [5.41, 5.74) is 20.3. The van der Waals surface area contributed by atoms with Crippen LogP contribution in [-0.4, -0.2) is 96.2 Å². The molecule has 4 aromatic rings. The number of hydrogen-bond acceptors (Lipinski definition) is 8. The third kappa shape index (κ3) is 8.80. The van der Waals surface area contributed by atoms with E-state index in [1.807, 2.05) is 0 Å². The number of nitrogens with one attached hydrogen (secondary N) is 6.